The lowest BCUT2D eigenvalue weighted by atomic mass is 9.69. The van der Waals surface area contributed by atoms with Crippen LogP contribution in [0, 0.1) is 5.41 Å². The van der Waals surface area contributed by atoms with Gasteiger partial charge in [0, 0.05) is 19.7 Å². The molecule has 0 radical (unpaired) electrons. The van der Waals surface area contributed by atoms with Gasteiger partial charge >= 0.3 is 5.97 Å². The van der Waals surface area contributed by atoms with E-state index in [1.54, 1.807) is 10.9 Å². The van der Waals surface area contributed by atoms with Gasteiger partial charge in [-0.1, -0.05) is 19.3 Å². The topological polar surface area (TPSA) is 84.2 Å². The van der Waals surface area contributed by atoms with Crippen LogP contribution in [0.4, 0.5) is 0 Å². The molecule has 1 aromatic rings. The van der Waals surface area contributed by atoms with Crippen LogP contribution in [0.1, 0.15) is 50.6 Å². The summed E-state index contributed by atoms with van der Waals surface area (Å²) in [4.78, 5) is 23.3. The van der Waals surface area contributed by atoms with Crippen LogP contribution in [-0.2, 0) is 23.2 Å². The molecule has 1 aliphatic carbocycles. The van der Waals surface area contributed by atoms with E-state index in [1.165, 1.54) is 0 Å². The van der Waals surface area contributed by atoms with Gasteiger partial charge < -0.3 is 10.4 Å². The molecule has 21 heavy (non-hydrogen) atoms. The van der Waals surface area contributed by atoms with Crippen molar-refractivity contribution in [1.29, 1.82) is 0 Å². The number of carboxylic acids is 1. The summed E-state index contributed by atoms with van der Waals surface area (Å²) in [6, 6.07) is 1.86. The second-order valence-corrected chi connectivity index (χ2v) is 6.03. The van der Waals surface area contributed by atoms with Gasteiger partial charge in [-0.05, 0) is 24.3 Å². The quantitative estimate of drug-likeness (QED) is 0.838. The molecule has 0 bridgehead atoms. The van der Waals surface area contributed by atoms with Gasteiger partial charge in [0.05, 0.1) is 18.7 Å². The zero-order chi connectivity index (χ0) is 15.3. The molecule has 0 saturated heterocycles. The van der Waals surface area contributed by atoms with Crippen LogP contribution in [0.3, 0.4) is 0 Å². The van der Waals surface area contributed by atoms with Crippen LogP contribution >= 0.6 is 0 Å². The van der Waals surface area contributed by atoms with Gasteiger partial charge in [-0.25, -0.2) is 0 Å². The average Bonchev–Trinajstić information content (AvgIpc) is 2.82. The minimum atomic E-state index is -0.809. The van der Waals surface area contributed by atoms with Gasteiger partial charge in [0.25, 0.3) is 0 Å². The lowest BCUT2D eigenvalue weighted by Gasteiger charge is -2.35. The SMILES string of the molecule is Cn1nccc1CNC(=O)CC1(CC(=O)O)CCCCC1. The number of nitrogens with zero attached hydrogens (tertiary/aromatic N) is 2. The molecule has 1 fully saturated rings. The maximum absolute atomic E-state index is 12.2. The highest BCUT2D eigenvalue weighted by Crippen LogP contribution is 2.42. The zero-order valence-corrected chi connectivity index (χ0v) is 12.5. The van der Waals surface area contributed by atoms with E-state index >= 15 is 0 Å². The third kappa shape index (κ3) is 4.31. The first-order valence-electron chi connectivity index (χ1n) is 7.46. The van der Waals surface area contributed by atoms with Gasteiger partial charge in [-0.15, -0.1) is 0 Å². The van der Waals surface area contributed by atoms with Crippen LogP contribution in [0.25, 0.3) is 0 Å². The molecule has 1 heterocycles. The number of nitrogens with one attached hydrogen (secondary N) is 1. The van der Waals surface area contributed by atoms with Crippen LogP contribution in [0.15, 0.2) is 12.3 Å². The number of aryl methyl sites for hydroxylation is 1. The van der Waals surface area contributed by atoms with Crippen LogP contribution in [-0.4, -0.2) is 26.8 Å². The number of aliphatic carboxylic acids is 1. The Morgan fingerprint density at radius 1 is 1.33 bits per heavy atom. The van der Waals surface area contributed by atoms with Gasteiger partial charge in [-0.2, -0.15) is 5.10 Å². The van der Waals surface area contributed by atoms with Crippen molar-refractivity contribution in [2.75, 3.05) is 0 Å². The smallest absolute Gasteiger partial charge is 0.303 e. The minimum absolute atomic E-state index is 0.0700. The first-order valence-corrected chi connectivity index (χ1v) is 7.46. The fourth-order valence-corrected chi connectivity index (χ4v) is 3.21. The Labute approximate surface area is 124 Å². The second-order valence-electron chi connectivity index (χ2n) is 6.03. The highest BCUT2D eigenvalue weighted by molar-refractivity contribution is 5.78. The Balaban J connectivity index is 1.91. The fourth-order valence-electron chi connectivity index (χ4n) is 3.21. The number of hydrogen-bond donors (Lipinski definition) is 2. The van der Waals surface area contributed by atoms with Crippen molar-refractivity contribution in [3.8, 4) is 0 Å². The van der Waals surface area contributed by atoms with Crippen LogP contribution in [0.5, 0.6) is 0 Å². The molecule has 6 heteroatoms. The summed E-state index contributed by atoms with van der Waals surface area (Å²) < 4.78 is 1.72. The van der Waals surface area contributed by atoms with Crippen molar-refractivity contribution >= 4 is 11.9 Å². The number of carboxylic acid groups (broad SMARTS) is 1. The van der Waals surface area contributed by atoms with Crippen molar-refractivity contribution in [1.82, 2.24) is 15.1 Å². The van der Waals surface area contributed by atoms with E-state index in [2.05, 4.69) is 10.4 Å². The third-order valence-electron chi connectivity index (χ3n) is 4.37. The van der Waals surface area contributed by atoms with E-state index in [1.807, 2.05) is 13.1 Å². The molecule has 2 N–H and O–H groups in total. The maximum Gasteiger partial charge on any atom is 0.303 e. The molecule has 1 amide bonds. The Morgan fingerprint density at radius 3 is 2.62 bits per heavy atom. The van der Waals surface area contributed by atoms with Crippen molar-refractivity contribution in [2.24, 2.45) is 12.5 Å². The largest absolute Gasteiger partial charge is 0.481 e. The molecule has 6 nitrogen and oxygen atoms in total. The molecule has 1 aromatic heterocycles. The molecule has 0 unspecified atom stereocenters. The Bertz CT molecular complexity index is 504. The predicted octanol–water partition coefficient (Wildman–Crippen LogP) is 1.85. The second kappa shape index (κ2) is 6.74. The number of carbonyl (C=O) groups excluding carboxylic acids is 1. The van der Waals surface area contributed by atoms with E-state index in [0.29, 0.717) is 13.0 Å². The van der Waals surface area contributed by atoms with Gasteiger partial charge in [0.2, 0.25) is 5.91 Å². The maximum atomic E-state index is 12.2. The Morgan fingerprint density at radius 2 is 2.05 bits per heavy atom. The first-order chi connectivity index (χ1) is 10.0. The van der Waals surface area contributed by atoms with E-state index < -0.39 is 5.97 Å². The molecule has 116 valence electrons. The minimum Gasteiger partial charge on any atom is -0.481 e. The number of rotatable bonds is 6. The summed E-state index contributed by atoms with van der Waals surface area (Å²) in [6.45, 7) is 0.429. The molecule has 0 atom stereocenters. The summed E-state index contributed by atoms with van der Waals surface area (Å²) in [5.41, 5.74) is 0.569. The van der Waals surface area contributed by atoms with E-state index in [4.69, 9.17) is 5.11 Å². The van der Waals surface area contributed by atoms with Crippen LogP contribution < -0.4 is 5.32 Å². The van der Waals surface area contributed by atoms with Gasteiger partial charge in [0.1, 0.15) is 0 Å². The lowest BCUT2D eigenvalue weighted by Crippen LogP contribution is -2.35. The first kappa shape index (κ1) is 15.5. The molecule has 0 aromatic carbocycles. The summed E-state index contributed by atoms with van der Waals surface area (Å²) >= 11 is 0. The molecule has 0 spiro atoms. The lowest BCUT2D eigenvalue weighted by molar-refractivity contribution is -0.141. The standard InChI is InChI=1S/C15H23N3O3/c1-18-12(5-8-17-18)11-16-13(19)9-15(10-14(20)21)6-3-2-4-7-15/h5,8H,2-4,6-7,9-11H2,1H3,(H,16,19)(H,20,21). The van der Waals surface area contributed by atoms with E-state index in [0.717, 1.165) is 37.8 Å². The number of carbonyl (C=O) groups is 2. The Hall–Kier alpha value is -1.85. The van der Waals surface area contributed by atoms with Crippen molar-refractivity contribution in [3.63, 3.8) is 0 Å². The number of amides is 1. The highest BCUT2D eigenvalue weighted by Gasteiger charge is 2.36. The van der Waals surface area contributed by atoms with Crippen LogP contribution in [0.2, 0.25) is 0 Å². The summed E-state index contributed by atoms with van der Waals surface area (Å²) in [7, 11) is 1.83. The zero-order valence-electron chi connectivity index (χ0n) is 12.5. The summed E-state index contributed by atoms with van der Waals surface area (Å²) in [6.07, 6.45) is 6.91. The molecule has 1 saturated carbocycles. The van der Waals surface area contributed by atoms with Crippen molar-refractivity contribution in [3.05, 3.63) is 18.0 Å². The third-order valence-corrected chi connectivity index (χ3v) is 4.37. The van der Waals surface area contributed by atoms with Gasteiger partial charge in [0.15, 0.2) is 0 Å². The molecule has 1 aliphatic rings. The summed E-state index contributed by atoms with van der Waals surface area (Å²) in [5.74, 6) is -0.879. The Kier molecular flexibility index (Phi) is 4.98. The van der Waals surface area contributed by atoms with Gasteiger partial charge in [-0.3, -0.25) is 14.3 Å². The average molecular weight is 293 g/mol. The summed E-state index contributed by atoms with van der Waals surface area (Å²) in [5, 5.41) is 16.0. The van der Waals surface area contributed by atoms with Crippen molar-refractivity contribution < 1.29 is 14.7 Å². The van der Waals surface area contributed by atoms with E-state index in [-0.39, 0.29) is 17.7 Å². The highest BCUT2D eigenvalue weighted by atomic mass is 16.4. The molecule has 0 aliphatic heterocycles. The molecular formula is C15H23N3O3. The molecular weight excluding hydrogens is 270 g/mol. The normalized spacial score (nSPS) is 17.4. The van der Waals surface area contributed by atoms with E-state index in [9.17, 15) is 9.59 Å². The number of hydrogen-bond acceptors (Lipinski definition) is 3. The molecule has 2 rings (SSSR count). The number of aromatic nitrogens is 2. The van der Waals surface area contributed by atoms with Crippen molar-refractivity contribution in [2.45, 2.75) is 51.5 Å². The fraction of sp³-hybridized carbons (Fsp3) is 0.667. The predicted molar refractivity (Wildman–Crippen MR) is 77.4 cm³/mol. The monoisotopic (exact) mass is 293 g/mol.